The van der Waals surface area contributed by atoms with Crippen molar-refractivity contribution in [3.8, 4) is 11.3 Å². The van der Waals surface area contributed by atoms with Crippen LogP contribution in [-0.4, -0.2) is 51.8 Å². The monoisotopic (exact) mass is 468 g/mol. The molecule has 1 aliphatic rings. The Hall–Kier alpha value is -3.99. The maximum absolute atomic E-state index is 13.6. The normalized spacial score (nSPS) is 14.4. The van der Waals surface area contributed by atoms with E-state index < -0.39 is 17.6 Å². The van der Waals surface area contributed by atoms with E-state index in [1.165, 1.54) is 28.9 Å². The second-order valence-corrected chi connectivity index (χ2v) is 7.64. The number of alkyl halides is 3. The molecule has 0 spiro atoms. The molecule has 8 nitrogen and oxygen atoms in total. The van der Waals surface area contributed by atoms with Gasteiger partial charge in [0, 0.05) is 36.7 Å². The molecule has 174 valence electrons. The van der Waals surface area contributed by atoms with Crippen LogP contribution in [0.2, 0.25) is 0 Å². The van der Waals surface area contributed by atoms with Gasteiger partial charge in [-0.15, -0.1) is 5.10 Å². The summed E-state index contributed by atoms with van der Waals surface area (Å²) in [4.78, 5) is 23.5. The zero-order valence-corrected chi connectivity index (χ0v) is 17.8. The molecule has 1 aliphatic heterocycles. The molecule has 0 bridgehead atoms. The highest BCUT2D eigenvalue weighted by molar-refractivity contribution is 6.08. The molecule has 1 aromatic carbocycles. The van der Waals surface area contributed by atoms with Gasteiger partial charge in [0.15, 0.2) is 11.5 Å². The molecule has 0 radical (unpaired) electrons. The lowest BCUT2D eigenvalue weighted by Gasteiger charge is -2.27. The third kappa shape index (κ3) is 4.29. The molecule has 0 unspecified atom stereocenters. The molecular weight excluding hydrogens is 449 g/mol. The summed E-state index contributed by atoms with van der Waals surface area (Å²) in [5, 5.41) is 7.32. The third-order valence-electron chi connectivity index (χ3n) is 5.44. The van der Waals surface area contributed by atoms with Crippen molar-refractivity contribution < 1.29 is 22.7 Å². The number of nitrogens with zero attached hydrogens (tertiary/aromatic N) is 5. The number of rotatable bonds is 4. The topological polar surface area (TPSA) is 84.7 Å². The number of carbonyl (C=O) groups excluding carboxylic acids is 1. The standard InChI is InChI=1S/C23H19F3N6O2/c24-23(25,26)18-4-2-1-3-16(18)19-14-32-21(29-19)17(22(33)28-15-5-7-27-8-6-15)13-20(30-32)31-9-11-34-12-10-31/h1-8,13-14H,9-12H2,(H,27,28,33). The van der Waals surface area contributed by atoms with E-state index in [1.54, 1.807) is 30.6 Å². The minimum atomic E-state index is -4.56. The van der Waals surface area contributed by atoms with E-state index in [0.29, 0.717) is 37.8 Å². The first-order valence-corrected chi connectivity index (χ1v) is 10.5. The van der Waals surface area contributed by atoms with Gasteiger partial charge in [-0.05, 0) is 24.3 Å². The Labute approximate surface area is 192 Å². The number of aromatic nitrogens is 4. The van der Waals surface area contributed by atoms with Crippen molar-refractivity contribution in [2.24, 2.45) is 0 Å². The first-order valence-electron chi connectivity index (χ1n) is 10.5. The molecule has 1 saturated heterocycles. The Morgan fingerprint density at radius 2 is 1.79 bits per heavy atom. The zero-order chi connectivity index (χ0) is 23.7. The van der Waals surface area contributed by atoms with Gasteiger partial charge in [-0.3, -0.25) is 9.78 Å². The van der Waals surface area contributed by atoms with Crippen molar-refractivity contribution in [3.63, 3.8) is 0 Å². The SMILES string of the molecule is O=C(Nc1ccncc1)c1cc(N2CCOCC2)nn2cc(-c3ccccc3C(F)(F)F)nc12. The number of morpholine rings is 1. The molecule has 11 heteroatoms. The predicted octanol–water partition coefficient (Wildman–Crippen LogP) is 3.90. The van der Waals surface area contributed by atoms with Crippen LogP contribution in [-0.2, 0) is 10.9 Å². The van der Waals surface area contributed by atoms with E-state index in [-0.39, 0.29) is 22.5 Å². The summed E-state index contributed by atoms with van der Waals surface area (Å²) in [6, 6.07) is 10.1. The van der Waals surface area contributed by atoms with Crippen molar-refractivity contribution in [2.75, 3.05) is 36.5 Å². The number of halogens is 3. The maximum Gasteiger partial charge on any atom is 0.417 e. The Balaban J connectivity index is 1.63. The van der Waals surface area contributed by atoms with Crippen LogP contribution in [0.4, 0.5) is 24.7 Å². The van der Waals surface area contributed by atoms with Crippen molar-refractivity contribution in [1.29, 1.82) is 0 Å². The molecule has 0 atom stereocenters. The molecule has 1 amide bonds. The fourth-order valence-electron chi connectivity index (χ4n) is 3.80. The minimum absolute atomic E-state index is 0.0671. The van der Waals surface area contributed by atoms with Crippen molar-refractivity contribution in [1.82, 2.24) is 19.6 Å². The molecule has 1 N–H and O–H groups in total. The second kappa shape index (κ2) is 8.75. The van der Waals surface area contributed by atoms with Gasteiger partial charge in [-0.1, -0.05) is 18.2 Å². The summed E-state index contributed by atoms with van der Waals surface area (Å²) in [6.07, 6.45) is -0.0649. The molecule has 5 rings (SSSR count). The highest BCUT2D eigenvalue weighted by Crippen LogP contribution is 2.37. The quantitative estimate of drug-likeness (QED) is 0.489. The summed E-state index contributed by atoms with van der Waals surface area (Å²) in [5.41, 5.74) is 0.0256. The lowest BCUT2D eigenvalue weighted by molar-refractivity contribution is -0.137. The highest BCUT2D eigenvalue weighted by atomic mass is 19.4. The van der Waals surface area contributed by atoms with Crippen molar-refractivity contribution in [2.45, 2.75) is 6.18 Å². The molecule has 3 aromatic heterocycles. The minimum Gasteiger partial charge on any atom is -0.378 e. The largest absolute Gasteiger partial charge is 0.417 e. The number of amides is 1. The Kier molecular flexibility index (Phi) is 5.62. The van der Waals surface area contributed by atoms with Gasteiger partial charge >= 0.3 is 6.18 Å². The van der Waals surface area contributed by atoms with Crippen LogP contribution < -0.4 is 10.2 Å². The van der Waals surface area contributed by atoms with E-state index in [4.69, 9.17) is 4.74 Å². The number of benzene rings is 1. The van der Waals surface area contributed by atoms with Crippen molar-refractivity contribution in [3.05, 3.63) is 72.2 Å². The molecule has 0 saturated carbocycles. The number of anilines is 2. The molecule has 34 heavy (non-hydrogen) atoms. The van der Waals surface area contributed by atoms with Gasteiger partial charge in [-0.25, -0.2) is 9.50 Å². The van der Waals surface area contributed by atoms with Gasteiger partial charge < -0.3 is 15.0 Å². The van der Waals surface area contributed by atoms with Crippen LogP contribution in [0.15, 0.2) is 61.1 Å². The van der Waals surface area contributed by atoms with Crippen LogP contribution in [0, 0.1) is 0 Å². The number of ether oxygens (including phenoxy) is 1. The molecular formula is C23H19F3N6O2. The lowest BCUT2D eigenvalue weighted by Crippen LogP contribution is -2.37. The van der Waals surface area contributed by atoms with E-state index in [2.05, 4.69) is 20.4 Å². The Bertz CT molecular complexity index is 1330. The number of imidazole rings is 1. The average Bonchev–Trinajstić information content (AvgIpc) is 3.28. The molecule has 4 heterocycles. The number of carbonyl (C=O) groups is 1. The van der Waals surface area contributed by atoms with Gasteiger partial charge in [0.05, 0.1) is 36.2 Å². The lowest BCUT2D eigenvalue weighted by atomic mass is 10.1. The molecule has 0 aliphatic carbocycles. The highest BCUT2D eigenvalue weighted by Gasteiger charge is 2.34. The second-order valence-electron chi connectivity index (χ2n) is 7.64. The van der Waals surface area contributed by atoms with Gasteiger partial charge in [0.2, 0.25) is 0 Å². The summed E-state index contributed by atoms with van der Waals surface area (Å²) < 4.78 is 47.6. The number of hydrogen-bond donors (Lipinski definition) is 1. The summed E-state index contributed by atoms with van der Waals surface area (Å²) in [7, 11) is 0. The predicted molar refractivity (Wildman–Crippen MR) is 119 cm³/mol. The van der Waals surface area contributed by atoms with Gasteiger partial charge in [-0.2, -0.15) is 13.2 Å². The maximum atomic E-state index is 13.6. The fraction of sp³-hybridized carbons (Fsp3) is 0.217. The van der Waals surface area contributed by atoms with Gasteiger partial charge in [0.1, 0.15) is 0 Å². The van der Waals surface area contributed by atoms with Gasteiger partial charge in [0.25, 0.3) is 5.91 Å². The van der Waals surface area contributed by atoms with Crippen LogP contribution in [0.3, 0.4) is 0 Å². The summed E-state index contributed by atoms with van der Waals surface area (Å²) in [5.74, 6) is 0.0399. The number of fused-ring (bicyclic) bond motifs is 1. The van der Waals surface area contributed by atoms with E-state index in [1.807, 2.05) is 4.90 Å². The Morgan fingerprint density at radius 1 is 1.06 bits per heavy atom. The number of pyridine rings is 1. The Morgan fingerprint density at radius 3 is 2.53 bits per heavy atom. The van der Waals surface area contributed by atoms with Crippen LogP contribution in [0.25, 0.3) is 16.9 Å². The van der Waals surface area contributed by atoms with E-state index in [9.17, 15) is 18.0 Å². The third-order valence-corrected chi connectivity index (χ3v) is 5.44. The molecule has 1 fully saturated rings. The smallest absolute Gasteiger partial charge is 0.378 e. The first-order chi connectivity index (χ1) is 16.4. The average molecular weight is 468 g/mol. The zero-order valence-electron chi connectivity index (χ0n) is 17.8. The molecule has 4 aromatic rings. The van der Waals surface area contributed by atoms with Crippen LogP contribution in [0.1, 0.15) is 15.9 Å². The van der Waals surface area contributed by atoms with E-state index in [0.717, 1.165) is 6.07 Å². The van der Waals surface area contributed by atoms with Crippen LogP contribution >= 0.6 is 0 Å². The van der Waals surface area contributed by atoms with Crippen LogP contribution in [0.5, 0.6) is 0 Å². The summed E-state index contributed by atoms with van der Waals surface area (Å²) in [6.45, 7) is 2.16. The van der Waals surface area contributed by atoms with E-state index >= 15 is 0 Å². The number of nitrogens with one attached hydrogen (secondary N) is 1. The fourth-order valence-corrected chi connectivity index (χ4v) is 3.80. The van der Waals surface area contributed by atoms with Crippen molar-refractivity contribution >= 4 is 23.1 Å². The number of hydrogen-bond acceptors (Lipinski definition) is 6. The summed E-state index contributed by atoms with van der Waals surface area (Å²) >= 11 is 0. The first kappa shape index (κ1) is 21.8.